The number of carbonyl (C=O) groups is 1. The first-order valence-electron chi connectivity index (χ1n) is 10.3. The van der Waals surface area contributed by atoms with Crippen molar-refractivity contribution < 1.29 is 22.9 Å². The molecule has 0 bridgehead atoms. The van der Waals surface area contributed by atoms with E-state index in [1.54, 1.807) is 6.07 Å². The number of hydrogen-bond acceptors (Lipinski definition) is 7. The fourth-order valence-corrected chi connectivity index (χ4v) is 5.09. The van der Waals surface area contributed by atoms with Crippen LogP contribution in [0, 0.1) is 24.0 Å². The quantitative estimate of drug-likeness (QED) is 0.344. The Kier molecular flexibility index (Phi) is 7.01. The SMILES string of the molecule is CNc1ccc(S(=O)(=O)N(C)CC(=O)c2cc(C)n(C[C@H]3CCCO3)c2C)cc1[N+](=O)[O-]. The molecule has 0 aliphatic carbocycles. The van der Waals surface area contributed by atoms with E-state index in [4.69, 9.17) is 4.74 Å². The van der Waals surface area contributed by atoms with E-state index in [2.05, 4.69) is 5.32 Å². The molecule has 2 aromatic rings. The van der Waals surface area contributed by atoms with Crippen molar-refractivity contribution in [2.45, 2.75) is 44.2 Å². The largest absolute Gasteiger partial charge is 0.383 e. The van der Waals surface area contributed by atoms with Gasteiger partial charge in [-0.1, -0.05) is 0 Å². The van der Waals surface area contributed by atoms with E-state index in [1.807, 2.05) is 18.4 Å². The van der Waals surface area contributed by atoms with Gasteiger partial charge in [0, 0.05) is 50.3 Å². The number of anilines is 1. The van der Waals surface area contributed by atoms with Gasteiger partial charge in [-0.25, -0.2) is 8.42 Å². The van der Waals surface area contributed by atoms with Crippen LogP contribution < -0.4 is 5.32 Å². The van der Waals surface area contributed by atoms with E-state index in [9.17, 15) is 23.3 Å². The number of aromatic nitrogens is 1. The van der Waals surface area contributed by atoms with Gasteiger partial charge in [0.1, 0.15) is 5.69 Å². The van der Waals surface area contributed by atoms with E-state index in [1.165, 1.54) is 26.2 Å². The third kappa shape index (κ3) is 4.69. The topological polar surface area (TPSA) is 124 Å². The van der Waals surface area contributed by atoms with Crippen molar-refractivity contribution in [1.82, 2.24) is 8.87 Å². The predicted molar refractivity (Wildman–Crippen MR) is 120 cm³/mol. The number of nitrogens with one attached hydrogen (secondary N) is 1. The van der Waals surface area contributed by atoms with Crippen LogP contribution in [0.15, 0.2) is 29.2 Å². The summed E-state index contributed by atoms with van der Waals surface area (Å²) in [7, 11) is -1.31. The average Bonchev–Trinajstić information content (AvgIpc) is 3.36. The Morgan fingerprint density at radius 1 is 1.34 bits per heavy atom. The van der Waals surface area contributed by atoms with Gasteiger partial charge in [0.15, 0.2) is 5.78 Å². The minimum absolute atomic E-state index is 0.113. The number of carbonyl (C=O) groups excluding carboxylic acids is 1. The molecule has 1 aromatic carbocycles. The number of rotatable bonds is 9. The molecule has 10 nitrogen and oxygen atoms in total. The third-order valence-corrected chi connectivity index (χ3v) is 7.59. The van der Waals surface area contributed by atoms with Crippen molar-refractivity contribution in [3.8, 4) is 0 Å². The van der Waals surface area contributed by atoms with E-state index in [-0.39, 0.29) is 34.7 Å². The van der Waals surface area contributed by atoms with Gasteiger partial charge < -0.3 is 14.6 Å². The molecule has 1 aliphatic heterocycles. The molecule has 1 N–H and O–H groups in total. The number of nitro groups is 1. The monoisotopic (exact) mass is 464 g/mol. The highest BCUT2D eigenvalue weighted by atomic mass is 32.2. The first-order valence-corrected chi connectivity index (χ1v) is 11.7. The van der Waals surface area contributed by atoms with Crippen LogP contribution in [0.3, 0.4) is 0 Å². The molecular weight excluding hydrogens is 436 g/mol. The number of ketones is 1. The lowest BCUT2D eigenvalue weighted by Gasteiger charge is -2.17. The fraction of sp³-hybridized carbons (Fsp3) is 0.476. The smallest absolute Gasteiger partial charge is 0.293 e. The summed E-state index contributed by atoms with van der Waals surface area (Å²) in [5.41, 5.74) is 1.98. The van der Waals surface area contributed by atoms with Gasteiger partial charge in [-0.15, -0.1) is 0 Å². The molecule has 1 saturated heterocycles. The molecular formula is C21H28N4O6S. The molecule has 0 spiro atoms. The lowest BCUT2D eigenvalue weighted by Crippen LogP contribution is -2.32. The molecule has 32 heavy (non-hydrogen) atoms. The van der Waals surface area contributed by atoms with Crippen molar-refractivity contribution in [1.29, 1.82) is 0 Å². The van der Waals surface area contributed by atoms with Crippen LogP contribution in [0.2, 0.25) is 0 Å². The minimum atomic E-state index is -4.10. The Morgan fingerprint density at radius 2 is 2.06 bits per heavy atom. The second kappa shape index (κ2) is 9.39. The van der Waals surface area contributed by atoms with Gasteiger partial charge in [-0.3, -0.25) is 14.9 Å². The first kappa shape index (κ1) is 23.9. The molecule has 1 atom stereocenters. The van der Waals surface area contributed by atoms with Crippen molar-refractivity contribution >= 4 is 27.2 Å². The van der Waals surface area contributed by atoms with Crippen molar-refractivity contribution in [2.75, 3.05) is 32.6 Å². The number of nitro benzene ring substituents is 1. The van der Waals surface area contributed by atoms with Crippen molar-refractivity contribution in [3.05, 3.63) is 51.3 Å². The molecule has 174 valence electrons. The zero-order chi connectivity index (χ0) is 23.6. The maximum Gasteiger partial charge on any atom is 0.293 e. The highest BCUT2D eigenvalue weighted by molar-refractivity contribution is 7.89. The molecule has 0 unspecified atom stereocenters. The zero-order valence-corrected chi connectivity index (χ0v) is 19.4. The molecule has 0 amide bonds. The summed E-state index contributed by atoms with van der Waals surface area (Å²) < 4.78 is 34.6. The summed E-state index contributed by atoms with van der Waals surface area (Å²) in [5, 5.41) is 13.9. The molecule has 1 aliphatic rings. The highest BCUT2D eigenvalue weighted by Gasteiger charge is 2.28. The Morgan fingerprint density at radius 3 is 2.66 bits per heavy atom. The summed E-state index contributed by atoms with van der Waals surface area (Å²) in [5.74, 6) is -0.343. The first-order chi connectivity index (χ1) is 15.1. The molecule has 1 fully saturated rings. The number of benzene rings is 1. The fourth-order valence-electron chi connectivity index (χ4n) is 3.94. The number of nitrogens with zero attached hydrogens (tertiary/aromatic N) is 3. The summed E-state index contributed by atoms with van der Waals surface area (Å²) in [6, 6.07) is 5.37. The maximum absolute atomic E-state index is 13.0. The van der Waals surface area contributed by atoms with Crippen molar-refractivity contribution in [2.24, 2.45) is 0 Å². The van der Waals surface area contributed by atoms with Crippen LogP contribution in [0.4, 0.5) is 11.4 Å². The van der Waals surface area contributed by atoms with E-state index < -0.39 is 14.9 Å². The van der Waals surface area contributed by atoms with Gasteiger partial charge in [-0.2, -0.15) is 4.31 Å². The summed E-state index contributed by atoms with van der Waals surface area (Å²) in [6.45, 7) is 4.76. The van der Waals surface area contributed by atoms with Crippen LogP contribution in [0.25, 0.3) is 0 Å². The average molecular weight is 465 g/mol. The number of likely N-dealkylation sites (N-methyl/N-ethyl adjacent to an activating group) is 1. The number of ether oxygens (including phenoxy) is 1. The zero-order valence-electron chi connectivity index (χ0n) is 18.6. The van der Waals surface area contributed by atoms with Crippen LogP contribution in [0.1, 0.15) is 34.6 Å². The normalized spacial score (nSPS) is 16.5. The molecule has 0 radical (unpaired) electrons. The van der Waals surface area contributed by atoms with Crippen molar-refractivity contribution in [3.63, 3.8) is 0 Å². The van der Waals surface area contributed by atoms with Gasteiger partial charge in [-0.05, 0) is 44.9 Å². The van der Waals surface area contributed by atoms with Crippen LogP contribution in [-0.4, -0.2) is 61.3 Å². The van der Waals surface area contributed by atoms with Crippen LogP contribution in [-0.2, 0) is 21.3 Å². The molecule has 1 aromatic heterocycles. The van der Waals surface area contributed by atoms with Gasteiger partial charge in [0.05, 0.1) is 22.5 Å². The standard InChI is InChI=1S/C21H28N4O6S/c1-14-10-18(15(2)24(14)12-16-6-5-9-31-16)21(26)13-23(4)32(29,30)17-7-8-19(22-3)20(11-17)25(27)28/h7-8,10-11,16,22H,5-6,9,12-13H2,1-4H3/t16-/m1/s1. The maximum atomic E-state index is 13.0. The number of Topliss-reactive ketones (excluding diaryl/α,β-unsaturated/α-hetero) is 1. The second-order valence-electron chi connectivity index (χ2n) is 7.90. The highest BCUT2D eigenvalue weighted by Crippen LogP contribution is 2.28. The van der Waals surface area contributed by atoms with Crippen LogP contribution in [0.5, 0.6) is 0 Å². The Labute approximate surface area is 187 Å². The third-order valence-electron chi connectivity index (χ3n) is 5.79. The van der Waals surface area contributed by atoms with E-state index >= 15 is 0 Å². The summed E-state index contributed by atoms with van der Waals surface area (Å²) in [4.78, 5) is 23.3. The summed E-state index contributed by atoms with van der Waals surface area (Å²) >= 11 is 0. The lowest BCUT2D eigenvalue weighted by atomic mass is 10.1. The Bertz CT molecular complexity index is 1140. The van der Waals surface area contributed by atoms with Gasteiger partial charge in [0.25, 0.3) is 5.69 Å². The van der Waals surface area contributed by atoms with E-state index in [0.717, 1.165) is 41.2 Å². The molecule has 2 heterocycles. The Balaban J connectivity index is 1.81. The predicted octanol–water partition coefficient (Wildman–Crippen LogP) is 2.74. The lowest BCUT2D eigenvalue weighted by molar-refractivity contribution is -0.384. The van der Waals surface area contributed by atoms with Crippen LogP contribution >= 0.6 is 0 Å². The van der Waals surface area contributed by atoms with Gasteiger partial charge in [0.2, 0.25) is 10.0 Å². The van der Waals surface area contributed by atoms with E-state index in [0.29, 0.717) is 12.1 Å². The molecule has 11 heteroatoms. The molecule has 3 rings (SSSR count). The molecule has 0 saturated carbocycles. The van der Waals surface area contributed by atoms with Gasteiger partial charge >= 0.3 is 0 Å². The second-order valence-corrected chi connectivity index (χ2v) is 9.95. The minimum Gasteiger partial charge on any atom is -0.383 e. The number of hydrogen-bond donors (Lipinski definition) is 1. The number of sulfonamides is 1. The number of aryl methyl sites for hydroxylation is 1. The Hall–Kier alpha value is -2.76. The summed E-state index contributed by atoms with van der Waals surface area (Å²) in [6.07, 6.45) is 2.10.